The molecule has 1 atom stereocenters. The zero-order chi connectivity index (χ0) is 23.5. The van der Waals surface area contributed by atoms with Crippen LogP contribution in [0.15, 0.2) is 67.1 Å². The van der Waals surface area contributed by atoms with Gasteiger partial charge in [0, 0.05) is 61.1 Å². The summed E-state index contributed by atoms with van der Waals surface area (Å²) in [6.07, 6.45) is 12.2. The van der Waals surface area contributed by atoms with E-state index in [0.29, 0.717) is 6.04 Å². The molecule has 1 aliphatic rings. The summed E-state index contributed by atoms with van der Waals surface area (Å²) in [5.41, 5.74) is 9.08. The molecule has 0 saturated heterocycles. The van der Waals surface area contributed by atoms with Crippen LogP contribution in [0.25, 0.3) is 17.0 Å². The number of nitrogens with one attached hydrogen (secondary N) is 2. The van der Waals surface area contributed by atoms with Crippen LogP contribution < -0.4 is 5.48 Å². The third-order valence-electron chi connectivity index (χ3n) is 6.78. The topological polar surface area (TPSA) is 86.2 Å². The fourth-order valence-electron chi connectivity index (χ4n) is 5.14. The minimum Gasteiger partial charge on any atom is -0.350 e. The van der Waals surface area contributed by atoms with Gasteiger partial charge in [-0.1, -0.05) is 36.4 Å². The molecule has 3 N–H and O–H groups in total. The Labute approximate surface area is 198 Å². The van der Waals surface area contributed by atoms with Crippen molar-refractivity contribution in [3.63, 3.8) is 0 Å². The summed E-state index contributed by atoms with van der Waals surface area (Å²) in [6.45, 7) is 1.78. The lowest BCUT2D eigenvalue weighted by atomic mass is 10.0. The largest absolute Gasteiger partial charge is 0.350 e. The Kier molecular flexibility index (Phi) is 6.29. The summed E-state index contributed by atoms with van der Waals surface area (Å²) >= 11 is 0. The molecule has 0 saturated carbocycles. The van der Waals surface area contributed by atoms with Crippen molar-refractivity contribution < 1.29 is 10.0 Å². The quantitative estimate of drug-likeness (QED) is 0.212. The normalized spacial score (nSPS) is 15.4. The van der Waals surface area contributed by atoms with E-state index in [1.165, 1.54) is 39.2 Å². The first kappa shape index (κ1) is 22.1. The van der Waals surface area contributed by atoms with Gasteiger partial charge in [0.25, 0.3) is 5.91 Å². The minimum absolute atomic E-state index is 0.332. The number of fused-ring (bicyclic) bond motifs is 2. The van der Waals surface area contributed by atoms with E-state index in [4.69, 9.17) is 5.21 Å². The average Bonchev–Trinajstić information content (AvgIpc) is 3.60. The van der Waals surface area contributed by atoms with Crippen molar-refractivity contribution in [1.82, 2.24) is 25.1 Å². The van der Waals surface area contributed by atoms with Gasteiger partial charge >= 0.3 is 0 Å². The molecule has 1 aliphatic carbocycles. The van der Waals surface area contributed by atoms with Gasteiger partial charge in [0.15, 0.2) is 0 Å². The van der Waals surface area contributed by atoms with E-state index in [1.807, 2.05) is 18.5 Å². The number of benzene rings is 2. The lowest BCUT2D eigenvalue weighted by molar-refractivity contribution is -0.124. The van der Waals surface area contributed by atoms with Crippen LogP contribution in [0.3, 0.4) is 0 Å². The van der Waals surface area contributed by atoms with Crippen LogP contribution in [0.2, 0.25) is 0 Å². The number of hydrogen-bond acceptors (Lipinski definition) is 4. The van der Waals surface area contributed by atoms with Gasteiger partial charge in [-0.2, -0.15) is 5.10 Å². The van der Waals surface area contributed by atoms with Gasteiger partial charge in [0.05, 0.1) is 6.20 Å². The lowest BCUT2D eigenvalue weighted by Gasteiger charge is -2.29. The second kappa shape index (κ2) is 9.67. The number of rotatable bonds is 8. The van der Waals surface area contributed by atoms with Gasteiger partial charge in [0.1, 0.15) is 0 Å². The molecular formula is C27H29N5O2. The van der Waals surface area contributed by atoms with Gasteiger partial charge in [-0.3, -0.25) is 20.0 Å². The number of para-hydroxylation sites is 1. The van der Waals surface area contributed by atoms with E-state index >= 15 is 0 Å². The number of carbonyl (C=O) groups excluding carboxylic acids is 1. The van der Waals surface area contributed by atoms with Crippen molar-refractivity contribution in [1.29, 1.82) is 0 Å². The third kappa shape index (κ3) is 4.53. The molecule has 5 rings (SSSR count). The van der Waals surface area contributed by atoms with E-state index in [1.54, 1.807) is 11.6 Å². The molecular weight excluding hydrogens is 426 g/mol. The summed E-state index contributed by atoms with van der Waals surface area (Å²) in [5, 5.41) is 17.1. The first-order chi connectivity index (χ1) is 16.6. The van der Waals surface area contributed by atoms with E-state index < -0.39 is 5.91 Å². The Balaban J connectivity index is 1.39. The number of carbonyl (C=O) groups is 1. The molecule has 7 heteroatoms. The SMILES string of the molecule is Cn1cc(CCN(Cc2cn[nH]c2)C2CCc3cc(/C=C/C(=O)NO)ccc32)c2ccccc21. The Bertz CT molecular complexity index is 1320. The van der Waals surface area contributed by atoms with E-state index in [-0.39, 0.29) is 0 Å². The molecule has 2 aromatic carbocycles. The van der Waals surface area contributed by atoms with Gasteiger partial charge in [-0.05, 0) is 53.7 Å². The predicted octanol–water partition coefficient (Wildman–Crippen LogP) is 4.15. The van der Waals surface area contributed by atoms with Crippen LogP contribution in [-0.4, -0.2) is 37.3 Å². The number of hydrogen-bond donors (Lipinski definition) is 3. The molecule has 34 heavy (non-hydrogen) atoms. The van der Waals surface area contributed by atoms with Gasteiger partial charge < -0.3 is 4.57 Å². The molecule has 2 heterocycles. The zero-order valence-corrected chi connectivity index (χ0v) is 19.2. The number of aromatic amines is 1. The first-order valence-corrected chi connectivity index (χ1v) is 11.6. The maximum Gasteiger partial charge on any atom is 0.267 e. The highest BCUT2D eigenvalue weighted by molar-refractivity contribution is 5.90. The van der Waals surface area contributed by atoms with Crippen molar-refractivity contribution >= 4 is 22.9 Å². The van der Waals surface area contributed by atoms with Crippen molar-refractivity contribution in [2.75, 3.05) is 6.54 Å². The number of aryl methyl sites for hydroxylation is 2. The highest BCUT2D eigenvalue weighted by Crippen LogP contribution is 2.37. The van der Waals surface area contributed by atoms with Crippen LogP contribution in [0.4, 0.5) is 0 Å². The van der Waals surface area contributed by atoms with Crippen LogP contribution in [0, 0.1) is 0 Å². The Morgan fingerprint density at radius 1 is 1.32 bits per heavy atom. The number of amides is 1. The van der Waals surface area contributed by atoms with E-state index in [9.17, 15) is 4.79 Å². The number of hydroxylamine groups is 1. The second-order valence-electron chi connectivity index (χ2n) is 8.93. The lowest BCUT2D eigenvalue weighted by Crippen LogP contribution is -2.29. The first-order valence-electron chi connectivity index (χ1n) is 11.6. The van der Waals surface area contributed by atoms with E-state index in [2.05, 4.69) is 69.3 Å². The maximum atomic E-state index is 11.3. The highest BCUT2D eigenvalue weighted by atomic mass is 16.5. The van der Waals surface area contributed by atoms with Gasteiger partial charge in [-0.25, -0.2) is 5.48 Å². The van der Waals surface area contributed by atoms with Crippen LogP contribution >= 0.6 is 0 Å². The monoisotopic (exact) mass is 455 g/mol. The molecule has 1 unspecified atom stereocenters. The summed E-state index contributed by atoms with van der Waals surface area (Å²) in [6, 6.07) is 15.3. The fraction of sp³-hybridized carbons (Fsp3) is 0.259. The number of H-pyrrole nitrogens is 1. The zero-order valence-electron chi connectivity index (χ0n) is 19.2. The highest BCUT2D eigenvalue weighted by Gasteiger charge is 2.28. The minimum atomic E-state index is -0.530. The van der Waals surface area contributed by atoms with Crippen LogP contribution in [0.5, 0.6) is 0 Å². The van der Waals surface area contributed by atoms with Crippen molar-refractivity contribution in [2.24, 2.45) is 7.05 Å². The average molecular weight is 456 g/mol. The smallest absolute Gasteiger partial charge is 0.267 e. The molecule has 4 aromatic rings. The summed E-state index contributed by atoms with van der Waals surface area (Å²) < 4.78 is 2.21. The number of nitrogens with zero attached hydrogens (tertiary/aromatic N) is 3. The standard InChI is InChI=1S/C27H29N5O2/c1-31-18-22(23-4-2-3-5-25(23)31)12-13-32(17-20-15-28-29-16-20)26-10-8-21-14-19(6-9-24(21)26)7-11-27(33)30-34/h2-7,9,11,14-16,18,26,34H,8,10,12-13,17H2,1H3,(H,28,29)(H,30,33)/b11-7+. The predicted molar refractivity (Wildman–Crippen MR) is 132 cm³/mol. The molecule has 174 valence electrons. The van der Waals surface area contributed by atoms with Crippen molar-refractivity contribution in [3.05, 3.63) is 94.9 Å². The Morgan fingerprint density at radius 2 is 2.21 bits per heavy atom. The Hall–Kier alpha value is -3.68. The fourth-order valence-corrected chi connectivity index (χ4v) is 5.14. The van der Waals surface area contributed by atoms with Gasteiger partial charge in [-0.15, -0.1) is 0 Å². The van der Waals surface area contributed by atoms with Crippen molar-refractivity contribution in [2.45, 2.75) is 31.8 Å². The number of aromatic nitrogens is 3. The second-order valence-corrected chi connectivity index (χ2v) is 8.93. The van der Waals surface area contributed by atoms with Crippen LogP contribution in [0.1, 0.15) is 40.3 Å². The third-order valence-corrected chi connectivity index (χ3v) is 6.78. The summed E-state index contributed by atoms with van der Waals surface area (Å²) in [5.74, 6) is -0.530. The molecule has 1 amide bonds. The maximum absolute atomic E-state index is 11.3. The van der Waals surface area contributed by atoms with Crippen molar-refractivity contribution in [3.8, 4) is 0 Å². The molecule has 2 aromatic heterocycles. The molecule has 0 radical (unpaired) electrons. The molecule has 0 fully saturated rings. The summed E-state index contributed by atoms with van der Waals surface area (Å²) in [7, 11) is 2.11. The Morgan fingerprint density at radius 3 is 3.03 bits per heavy atom. The molecule has 0 aliphatic heterocycles. The molecule has 0 spiro atoms. The summed E-state index contributed by atoms with van der Waals surface area (Å²) in [4.78, 5) is 13.9. The molecule has 0 bridgehead atoms. The van der Waals surface area contributed by atoms with E-state index in [0.717, 1.165) is 37.9 Å². The molecule has 7 nitrogen and oxygen atoms in total. The van der Waals surface area contributed by atoms with Gasteiger partial charge in [0.2, 0.25) is 0 Å². The van der Waals surface area contributed by atoms with Crippen LogP contribution in [-0.2, 0) is 31.2 Å².